The second-order valence-corrected chi connectivity index (χ2v) is 6.92. The summed E-state index contributed by atoms with van der Waals surface area (Å²) in [6, 6.07) is 26.1. The van der Waals surface area contributed by atoms with Gasteiger partial charge < -0.3 is 10.1 Å². The van der Waals surface area contributed by atoms with Crippen molar-refractivity contribution in [1.29, 1.82) is 0 Å². The molecular weight excluding hydrogens is 346 g/mol. The van der Waals surface area contributed by atoms with Gasteiger partial charge in [0.05, 0.1) is 12.8 Å². The third-order valence-corrected chi connectivity index (χ3v) is 5.35. The molecule has 4 aromatic rings. The first kappa shape index (κ1) is 16.6. The number of fused-ring (bicyclic) bond motifs is 5. The summed E-state index contributed by atoms with van der Waals surface area (Å²) in [7, 11) is 1.67. The molecule has 0 saturated carbocycles. The van der Waals surface area contributed by atoms with Crippen molar-refractivity contribution in [2.45, 2.75) is 6.54 Å². The van der Waals surface area contributed by atoms with E-state index in [0.29, 0.717) is 6.54 Å². The smallest absolute Gasteiger partial charge is 0.195 e. The topological polar surface area (TPSA) is 38.3 Å². The number of ether oxygens (including phenoxy) is 1. The Morgan fingerprint density at radius 2 is 1.39 bits per heavy atom. The van der Waals surface area contributed by atoms with Crippen molar-refractivity contribution in [2.24, 2.45) is 0 Å². The van der Waals surface area contributed by atoms with Crippen molar-refractivity contribution >= 4 is 22.2 Å². The molecule has 0 aromatic heterocycles. The number of benzene rings is 4. The maximum absolute atomic E-state index is 13.2. The monoisotopic (exact) mass is 365 g/mol. The molecule has 0 fully saturated rings. The molecule has 0 spiro atoms. The van der Waals surface area contributed by atoms with Crippen molar-refractivity contribution in [1.82, 2.24) is 0 Å². The lowest BCUT2D eigenvalue weighted by molar-refractivity contribution is 0.104. The predicted octanol–water partition coefficient (Wildman–Crippen LogP) is 5.67. The summed E-state index contributed by atoms with van der Waals surface area (Å²) in [6.45, 7) is 0.676. The fraction of sp³-hybridized carbons (Fsp3) is 0.0800. The average molecular weight is 365 g/mol. The summed E-state index contributed by atoms with van der Waals surface area (Å²) in [5.74, 6) is 0.789. The summed E-state index contributed by atoms with van der Waals surface area (Å²) in [4.78, 5) is 13.2. The molecule has 4 aromatic carbocycles. The second kappa shape index (κ2) is 6.54. The Labute approximate surface area is 163 Å². The van der Waals surface area contributed by atoms with Crippen LogP contribution in [0.3, 0.4) is 0 Å². The fourth-order valence-corrected chi connectivity index (χ4v) is 4.11. The maximum atomic E-state index is 13.2. The lowest BCUT2D eigenvalue weighted by atomic mass is 9.95. The molecule has 1 aliphatic rings. The van der Waals surface area contributed by atoms with Gasteiger partial charge in [-0.1, -0.05) is 78.9 Å². The zero-order valence-electron chi connectivity index (χ0n) is 15.5. The lowest BCUT2D eigenvalue weighted by Gasteiger charge is -2.19. The van der Waals surface area contributed by atoms with Crippen molar-refractivity contribution in [3.8, 4) is 16.9 Å². The summed E-state index contributed by atoms with van der Waals surface area (Å²) >= 11 is 0. The van der Waals surface area contributed by atoms with E-state index in [1.807, 2.05) is 66.7 Å². The average Bonchev–Trinajstić information content (AvgIpc) is 3.05. The molecule has 0 bridgehead atoms. The van der Waals surface area contributed by atoms with E-state index in [0.717, 1.165) is 44.5 Å². The molecule has 0 heterocycles. The van der Waals surface area contributed by atoms with E-state index >= 15 is 0 Å². The third-order valence-electron chi connectivity index (χ3n) is 5.35. The molecule has 0 atom stereocenters. The molecule has 3 heteroatoms. The Hall–Kier alpha value is -3.59. The number of anilines is 1. The van der Waals surface area contributed by atoms with Crippen molar-refractivity contribution in [2.75, 3.05) is 12.4 Å². The number of ketones is 1. The first-order valence-corrected chi connectivity index (χ1v) is 9.34. The summed E-state index contributed by atoms with van der Waals surface area (Å²) in [5.41, 5.74) is 5.40. The Morgan fingerprint density at radius 3 is 2.14 bits per heavy atom. The van der Waals surface area contributed by atoms with Crippen LogP contribution in [-0.2, 0) is 6.54 Å². The van der Waals surface area contributed by atoms with Crippen LogP contribution in [0.5, 0.6) is 5.75 Å². The van der Waals surface area contributed by atoms with Gasteiger partial charge >= 0.3 is 0 Å². The van der Waals surface area contributed by atoms with Crippen molar-refractivity contribution in [3.05, 3.63) is 95.6 Å². The normalized spacial score (nSPS) is 12.0. The molecule has 1 N–H and O–H groups in total. The number of hydrogen-bond acceptors (Lipinski definition) is 3. The Bertz CT molecular complexity index is 1210. The third kappa shape index (κ3) is 2.40. The summed E-state index contributed by atoms with van der Waals surface area (Å²) < 4.78 is 5.88. The van der Waals surface area contributed by atoms with Crippen LogP contribution >= 0.6 is 0 Å². The van der Waals surface area contributed by atoms with Gasteiger partial charge in [-0.2, -0.15) is 0 Å². The molecule has 0 radical (unpaired) electrons. The first-order valence-electron chi connectivity index (χ1n) is 9.34. The molecule has 28 heavy (non-hydrogen) atoms. The summed E-state index contributed by atoms with van der Waals surface area (Å²) in [6.07, 6.45) is 0. The number of rotatable bonds is 4. The largest absolute Gasteiger partial charge is 0.494 e. The number of carbonyl (C=O) groups is 1. The van der Waals surface area contributed by atoms with Crippen molar-refractivity contribution in [3.63, 3.8) is 0 Å². The number of methoxy groups -OCH3 is 1. The molecule has 0 saturated heterocycles. The Kier molecular flexibility index (Phi) is 3.87. The van der Waals surface area contributed by atoms with Gasteiger partial charge in [-0.3, -0.25) is 4.79 Å². The maximum Gasteiger partial charge on any atom is 0.195 e. The van der Waals surface area contributed by atoms with E-state index in [1.165, 1.54) is 5.56 Å². The highest BCUT2D eigenvalue weighted by Crippen LogP contribution is 2.50. The molecule has 136 valence electrons. The van der Waals surface area contributed by atoms with E-state index in [4.69, 9.17) is 4.74 Å². The van der Waals surface area contributed by atoms with Crippen LogP contribution in [0.15, 0.2) is 78.9 Å². The standard InChI is InChI=1S/C25H19NO2/c1-28-25-22-18-12-6-8-14-20(18)24(27)21(22)17-11-5-7-13-19(17)23(25)26-15-16-9-3-2-4-10-16/h2-14,26H,15H2,1H3. The number of nitrogens with one attached hydrogen (secondary N) is 1. The molecular formula is C25H19NO2. The van der Waals surface area contributed by atoms with E-state index in [1.54, 1.807) is 7.11 Å². The molecule has 0 unspecified atom stereocenters. The van der Waals surface area contributed by atoms with Gasteiger partial charge in [0.1, 0.15) is 0 Å². The van der Waals surface area contributed by atoms with Gasteiger partial charge in [0, 0.05) is 28.6 Å². The van der Waals surface area contributed by atoms with Gasteiger partial charge in [0.2, 0.25) is 0 Å². The molecule has 3 nitrogen and oxygen atoms in total. The zero-order valence-corrected chi connectivity index (χ0v) is 15.5. The van der Waals surface area contributed by atoms with Crippen LogP contribution in [-0.4, -0.2) is 12.9 Å². The van der Waals surface area contributed by atoms with Crippen LogP contribution < -0.4 is 10.1 Å². The van der Waals surface area contributed by atoms with Gasteiger partial charge in [-0.05, 0) is 16.5 Å². The van der Waals surface area contributed by atoms with E-state index in [2.05, 4.69) is 17.4 Å². The zero-order chi connectivity index (χ0) is 19.1. The van der Waals surface area contributed by atoms with E-state index in [-0.39, 0.29) is 5.78 Å². The molecule has 1 aliphatic carbocycles. The van der Waals surface area contributed by atoms with Crippen LogP contribution in [0, 0.1) is 0 Å². The predicted molar refractivity (Wildman–Crippen MR) is 113 cm³/mol. The number of carbonyl (C=O) groups excluding carboxylic acids is 1. The lowest BCUT2D eigenvalue weighted by Crippen LogP contribution is -2.05. The van der Waals surface area contributed by atoms with Crippen LogP contribution in [0.2, 0.25) is 0 Å². The van der Waals surface area contributed by atoms with E-state index < -0.39 is 0 Å². The minimum Gasteiger partial charge on any atom is -0.494 e. The van der Waals surface area contributed by atoms with E-state index in [9.17, 15) is 4.79 Å². The van der Waals surface area contributed by atoms with Gasteiger partial charge in [-0.25, -0.2) is 0 Å². The second-order valence-electron chi connectivity index (χ2n) is 6.92. The minimum absolute atomic E-state index is 0.0645. The highest BCUT2D eigenvalue weighted by Gasteiger charge is 2.33. The highest BCUT2D eigenvalue weighted by molar-refractivity contribution is 6.30. The minimum atomic E-state index is 0.0645. The van der Waals surface area contributed by atoms with Crippen molar-refractivity contribution < 1.29 is 9.53 Å². The molecule has 5 rings (SSSR count). The Balaban J connectivity index is 1.77. The summed E-state index contributed by atoms with van der Waals surface area (Å²) in [5, 5.41) is 5.51. The Morgan fingerprint density at radius 1 is 0.750 bits per heavy atom. The number of hydrogen-bond donors (Lipinski definition) is 1. The first-order chi connectivity index (χ1) is 13.8. The van der Waals surface area contributed by atoms with Gasteiger partial charge in [0.25, 0.3) is 0 Å². The van der Waals surface area contributed by atoms with Crippen LogP contribution in [0.4, 0.5) is 5.69 Å². The van der Waals surface area contributed by atoms with Gasteiger partial charge in [0.15, 0.2) is 11.5 Å². The quantitative estimate of drug-likeness (QED) is 0.446. The van der Waals surface area contributed by atoms with Crippen LogP contribution in [0.1, 0.15) is 21.5 Å². The highest BCUT2D eigenvalue weighted by atomic mass is 16.5. The molecule has 0 aliphatic heterocycles. The fourth-order valence-electron chi connectivity index (χ4n) is 4.11. The SMILES string of the molecule is COc1c2c(c3ccccc3c1NCc1ccccc1)C(=O)c1ccccc1-2. The van der Waals surface area contributed by atoms with Crippen LogP contribution in [0.25, 0.3) is 21.9 Å². The van der Waals surface area contributed by atoms with Gasteiger partial charge in [-0.15, -0.1) is 0 Å². The molecule has 0 amide bonds.